The van der Waals surface area contributed by atoms with Crippen molar-refractivity contribution in [3.63, 3.8) is 0 Å². The van der Waals surface area contributed by atoms with E-state index in [1.807, 2.05) is 17.8 Å². The molecule has 1 N–H and O–H groups in total. The minimum Gasteiger partial charge on any atom is -0.492 e. The van der Waals surface area contributed by atoms with Crippen LogP contribution in [0.15, 0.2) is 47.4 Å². The van der Waals surface area contributed by atoms with E-state index in [0.717, 1.165) is 12.8 Å². The molecule has 3 nitrogen and oxygen atoms in total. The Hall–Kier alpha value is -1.94. The van der Waals surface area contributed by atoms with Crippen LogP contribution in [0, 0.1) is 0 Å². The van der Waals surface area contributed by atoms with E-state index in [1.54, 1.807) is 18.2 Å². The second-order valence-corrected chi connectivity index (χ2v) is 9.68. The fourth-order valence-corrected chi connectivity index (χ4v) is 5.44. The first-order chi connectivity index (χ1) is 13.9. The predicted octanol–water partition coefficient (Wildman–Crippen LogP) is 6.90. The third-order valence-corrected chi connectivity index (χ3v) is 6.98. The molecule has 1 aliphatic heterocycles. The van der Waals surface area contributed by atoms with Crippen molar-refractivity contribution in [1.82, 2.24) is 0 Å². The summed E-state index contributed by atoms with van der Waals surface area (Å²) in [7, 11) is 0. The summed E-state index contributed by atoms with van der Waals surface area (Å²) in [6, 6.07) is 13.8. The van der Waals surface area contributed by atoms with Gasteiger partial charge in [-0.15, -0.1) is 11.8 Å². The van der Waals surface area contributed by atoms with E-state index in [4.69, 9.17) is 4.74 Å². The van der Waals surface area contributed by atoms with Crippen molar-refractivity contribution in [1.29, 1.82) is 0 Å². The lowest BCUT2D eigenvalue weighted by Gasteiger charge is -2.33. The van der Waals surface area contributed by atoms with Crippen molar-refractivity contribution in [2.45, 2.75) is 69.1 Å². The van der Waals surface area contributed by atoms with Crippen molar-refractivity contribution in [2.75, 3.05) is 12.4 Å². The van der Waals surface area contributed by atoms with E-state index in [0.29, 0.717) is 12.4 Å². The van der Waals surface area contributed by atoms with E-state index in [-0.39, 0.29) is 16.9 Å². The van der Waals surface area contributed by atoms with Crippen molar-refractivity contribution < 1.29 is 14.6 Å². The number of hydrogen-bond acceptors (Lipinski definition) is 3. The van der Waals surface area contributed by atoms with Gasteiger partial charge < -0.3 is 9.84 Å². The Morgan fingerprint density at radius 3 is 2.76 bits per heavy atom. The highest BCUT2D eigenvalue weighted by atomic mass is 32.2. The number of aromatic carboxylic acids is 1. The number of fused-ring (bicyclic) bond motifs is 1. The number of hydrogen-bond donors (Lipinski definition) is 1. The topological polar surface area (TPSA) is 46.5 Å². The van der Waals surface area contributed by atoms with Gasteiger partial charge in [0.1, 0.15) is 11.3 Å². The Morgan fingerprint density at radius 1 is 1.21 bits per heavy atom. The van der Waals surface area contributed by atoms with Gasteiger partial charge in [-0.3, -0.25) is 0 Å². The van der Waals surface area contributed by atoms with Crippen LogP contribution < -0.4 is 4.74 Å². The quantitative estimate of drug-likeness (QED) is 0.455. The molecule has 4 heteroatoms. The van der Waals surface area contributed by atoms with Gasteiger partial charge in [-0.25, -0.2) is 4.79 Å². The number of rotatable bonds is 9. The Morgan fingerprint density at radius 2 is 2.00 bits per heavy atom. The highest BCUT2D eigenvalue weighted by Gasteiger charge is 2.29. The summed E-state index contributed by atoms with van der Waals surface area (Å²) in [5, 5.41) is 9.43. The molecule has 0 fully saturated rings. The molecule has 2 aromatic rings. The van der Waals surface area contributed by atoms with Gasteiger partial charge >= 0.3 is 5.97 Å². The number of para-hydroxylation sites is 1. The van der Waals surface area contributed by atoms with Gasteiger partial charge in [0.05, 0.1) is 6.61 Å². The van der Waals surface area contributed by atoms with Crippen LogP contribution in [0.2, 0.25) is 0 Å². The minimum atomic E-state index is -0.948. The van der Waals surface area contributed by atoms with Gasteiger partial charge in [0.25, 0.3) is 0 Å². The lowest BCUT2D eigenvalue weighted by atomic mass is 9.79. The maximum absolute atomic E-state index is 11.5. The average Bonchev–Trinajstić information content (AvgIpc) is 2.70. The van der Waals surface area contributed by atoms with Crippen LogP contribution in [0.1, 0.15) is 80.3 Å². The smallest absolute Gasteiger partial charge is 0.339 e. The van der Waals surface area contributed by atoms with Crippen LogP contribution in [0.5, 0.6) is 5.75 Å². The molecular formula is C25H32O3S. The fraction of sp³-hybridized carbons (Fsp3) is 0.480. The molecule has 3 rings (SSSR count). The van der Waals surface area contributed by atoms with E-state index in [9.17, 15) is 9.90 Å². The molecule has 1 unspecified atom stereocenters. The molecule has 0 aliphatic carbocycles. The monoisotopic (exact) mass is 412 g/mol. The Kier molecular flexibility index (Phi) is 7.28. The zero-order valence-electron chi connectivity index (χ0n) is 17.7. The average molecular weight is 413 g/mol. The van der Waals surface area contributed by atoms with E-state index >= 15 is 0 Å². The molecule has 0 amide bonds. The molecule has 0 bridgehead atoms. The van der Waals surface area contributed by atoms with Crippen LogP contribution >= 0.6 is 11.8 Å². The summed E-state index contributed by atoms with van der Waals surface area (Å²) < 4.78 is 6.06. The summed E-state index contributed by atoms with van der Waals surface area (Å²) in [4.78, 5) is 12.9. The molecule has 156 valence electrons. The Bertz CT molecular complexity index is 844. The summed E-state index contributed by atoms with van der Waals surface area (Å²) >= 11 is 1.95. The molecule has 29 heavy (non-hydrogen) atoms. The third-order valence-electron chi connectivity index (χ3n) is 5.90. The van der Waals surface area contributed by atoms with Crippen LogP contribution in [0.3, 0.4) is 0 Å². The summed E-state index contributed by atoms with van der Waals surface area (Å²) in [5.41, 5.74) is 3.17. The molecule has 1 aliphatic rings. The third kappa shape index (κ3) is 5.36. The molecule has 1 atom stereocenters. The number of benzene rings is 2. The highest BCUT2D eigenvalue weighted by molar-refractivity contribution is 7.99. The second kappa shape index (κ2) is 9.71. The molecular weight excluding hydrogens is 380 g/mol. The van der Waals surface area contributed by atoms with Gasteiger partial charge in [-0.05, 0) is 53.3 Å². The Balaban J connectivity index is 1.83. The Labute approximate surface area is 178 Å². The van der Waals surface area contributed by atoms with Crippen LogP contribution in [-0.4, -0.2) is 23.4 Å². The van der Waals surface area contributed by atoms with Crippen molar-refractivity contribution in [3.8, 4) is 5.75 Å². The van der Waals surface area contributed by atoms with E-state index in [1.165, 1.54) is 41.0 Å². The molecule has 2 aromatic carbocycles. The molecule has 0 radical (unpaired) electrons. The predicted molar refractivity (Wildman–Crippen MR) is 121 cm³/mol. The summed E-state index contributed by atoms with van der Waals surface area (Å²) in [6.45, 7) is 7.38. The number of carboxylic acids is 1. The first kappa shape index (κ1) is 21.8. The van der Waals surface area contributed by atoms with Crippen LogP contribution in [0.25, 0.3) is 0 Å². The number of unbranched alkanes of at least 4 members (excludes halogenated alkanes) is 2. The summed E-state index contributed by atoms with van der Waals surface area (Å²) in [6.07, 6.45) is 5.78. The zero-order chi connectivity index (χ0) is 20.9. The normalized spacial score (nSPS) is 16.1. The second-order valence-electron chi connectivity index (χ2n) is 8.54. The van der Waals surface area contributed by atoms with Gasteiger partial charge in [0, 0.05) is 10.8 Å². The van der Waals surface area contributed by atoms with Gasteiger partial charge in [-0.2, -0.15) is 0 Å². The molecule has 0 saturated carbocycles. The van der Waals surface area contributed by atoms with Crippen molar-refractivity contribution in [3.05, 3.63) is 59.2 Å². The number of carbonyl (C=O) groups is 1. The van der Waals surface area contributed by atoms with Crippen LogP contribution in [-0.2, 0) is 5.41 Å². The minimum absolute atomic E-state index is 0.196. The zero-order valence-corrected chi connectivity index (χ0v) is 18.6. The van der Waals surface area contributed by atoms with Crippen LogP contribution in [0.4, 0.5) is 0 Å². The first-order valence-electron chi connectivity index (χ1n) is 10.6. The number of carboxylic acid groups (broad SMARTS) is 1. The molecule has 0 aromatic heterocycles. The molecule has 1 heterocycles. The van der Waals surface area contributed by atoms with Gasteiger partial charge in [-0.1, -0.05) is 64.3 Å². The van der Waals surface area contributed by atoms with E-state index in [2.05, 4.69) is 39.0 Å². The standard InChI is InChI=1S/C25H32O3S/c1-4-5-6-9-19(17-28-22-11-8-7-10-20(22)24(26)27)18-12-13-23-21(16-18)25(2,3)14-15-29-23/h7-8,10-13,16,19H,4-6,9,14-15,17H2,1-3H3,(H,26,27). The molecule has 0 saturated heterocycles. The van der Waals surface area contributed by atoms with Gasteiger partial charge in [0.15, 0.2) is 0 Å². The molecule has 0 spiro atoms. The highest BCUT2D eigenvalue weighted by Crippen LogP contribution is 2.43. The number of ether oxygens (including phenoxy) is 1. The fourth-order valence-electron chi connectivity index (χ4n) is 3.95. The lowest BCUT2D eigenvalue weighted by Crippen LogP contribution is -2.23. The largest absolute Gasteiger partial charge is 0.492 e. The SMILES string of the molecule is CCCCCC(COc1ccccc1C(=O)O)c1ccc2c(c1)C(C)(C)CCS2. The maximum atomic E-state index is 11.5. The lowest BCUT2D eigenvalue weighted by molar-refractivity contribution is 0.0691. The van der Waals surface area contributed by atoms with Crippen molar-refractivity contribution >= 4 is 17.7 Å². The van der Waals surface area contributed by atoms with E-state index < -0.39 is 5.97 Å². The van der Waals surface area contributed by atoms with Gasteiger partial charge in [0.2, 0.25) is 0 Å². The first-order valence-corrected chi connectivity index (χ1v) is 11.6. The van der Waals surface area contributed by atoms with Crippen molar-refractivity contribution in [2.24, 2.45) is 0 Å². The number of thioether (sulfide) groups is 1. The summed E-state index contributed by atoms with van der Waals surface area (Å²) in [5.74, 6) is 0.940. The maximum Gasteiger partial charge on any atom is 0.339 e.